The Labute approximate surface area is 112 Å². The van der Waals surface area contributed by atoms with Crippen LogP contribution in [-0.4, -0.2) is 35.6 Å². The Bertz CT molecular complexity index is 524. The number of nitrogens with zero attached hydrogens (tertiary/aromatic N) is 1. The van der Waals surface area contributed by atoms with E-state index >= 15 is 0 Å². The van der Waals surface area contributed by atoms with Gasteiger partial charge in [-0.2, -0.15) is 0 Å². The lowest BCUT2D eigenvalue weighted by molar-refractivity contribution is 0.0698. The van der Waals surface area contributed by atoms with Crippen LogP contribution in [0.25, 0.3) is 0 Å². The molecule has 0 heterocycles. The number of hydrogen-bond acceptors (Lipinski definition) is 2. The van der Waals surface area contributed by atoms with Crippen molar-refractivity contribution in [2.24, 2.45) is 0 Å². The molecule has 0 saturated carbocycles. The first-order valence-corrected chi connectivity index (χ1v) is 5.84. The zero-order valence-electron chi connectivity index (χ0n) is 11.4. The van der Waals surface area contributed by atoms with Crippen molar-refractivity contribution in [1.82, 2.24) is 4.90 Å². The molecule has 0 unspecified atom stereocenters. The first-order chi connectivity index (χ1) is 8.86. The minimum absolute atomic E-state index is 0.0952. The highest BCUT2D eigenvalue weighted by atomic mass is 16.4. The quantitative estimate of drug-likeness (QED) is 0.819. The zero-order valence-corrected chi connectivity index (χ0v) is 11.4. The van der Waals surface area contributed by atoms with E-state index in [4.69, 9.17) is 0 Å². The summed E-state index contributed by atoms with van der Waals surface area (Å²) >= 11 is 0. The molecule has 0 radical (unpaired) electrons. The number of amides is 2. The van der Waals surface area contributed by atoms with Gasteiger partial charge in [-0.3, -0.25) is 0 Å². The first kappa shape index (κ1) is 14.8. The molecule has 0 atom stereocenters. The van der Waals surface area contributed by atoms with Gasteiger partial charge in [0.25, 0.3) is 0 Å². The molecule has 2 amide bonds. The molecule has 0 aliphatic heterocycles. The van der Waals surface area contributed by atoms with Gasteiger partial charge in [-0.15, -0.1) is 6.58 Å². The van der Waals surface area contributed by atoms with Gasteiger partial charge in [0.1, 0.15) is 0 Å². The molecule has 0 saturated heterocycles. The van der Waals surface area contributed by atoms with Crippen LogP contribution >= 0.6 is 0 Å². The number of likely N-dealkylation sites (N-methyl/N-ethyl adjacent to an activating group) is 1. The summed E-state index contributed by atoms with van der Waals surface area (Å²) in [5.41, 5.74) is 1.99. The highest BCUT2D eigenvalue weighted by Gasteiger charge is 2.17. The Morgan fingerprint density at radius 2 is 2.05 bits per heavy atom. The summed E-state index contributed by atoms with van der Waals surface area (Å²) in [7, 11) is 1.61. The molecular weight excluding hydrogens is 244 g/mol. The topological polar surface area (TPSA) is 69.6 Å². The number of carboxylic acids is 1. The van der Waals surface area contributed by atoms with Gasteiger partial charge in [0.05, 0.1) is 11.3 Å². The lowest BCUT2D eigenvalue weighted by Crippen LogP contribution is -2.32. The molecule has 5 nitrogen and oxygen atoms in total. The van der Waals surface area contributed by atoms with Gasteiger partial charge in [0.15, 0.2) is 0 Å². The van der Waals surface area contributed by atoms with E-state index in [1.54, 1.807) is 26.1 Å². The van der Waals surface area contributed by atoms with Crippen LogP contribution in [0.1, 0.15) is 21.5 Å². The Balaban J connectivity index is 3.10. The van der Waals surface area contributed by atoms with Crippen LogP contribution in [0.5, 0.6) is 0 Å². The third-order valence-corrected chi connectivity index (χ3v) is 2.69. The number of benzene rings is 1. The van der Waals surface area contributed by atoms with E-state index < -0.39 is 5.97 Å². The second-order valence-corrected chi connectivity index (χ2v) is 4.41. The summed E-state index contributed by atoms with van der Waals surface area (Å²) in [5.74, 6) is -1.06. The maximum Gasteiger partial charge on any atom is 0.337 e. The van der Waals surface area contributed by atoms with Crippen LogP contribution in [0.4, 0.5) is 10.5 Å². The van der Waals surface area contributed by atoms with Crippen molar-refractivity contribution in [2.75, 3.05) is 18.9 Å². The fourth-order valence-electron chi connectivity index (χ4n) is 1.78. The van der Waals surface area contributed by atoms with E-state index in [1.807, 2.05) is 13.0 Å². The molecule has 0 bridgehead atoms. The number of anilines is 1. The van der Waals surface area contributed by atoms with Gasteiger partial charge in [-0.05, 0) is 31.0 Å². The van der Waals surface area contributed by atoms with Crippen molar-refractivity contribution in [3.8, 4) is 0 Å². The van der Waals surface area contributed by atoms with Crippen LogP contribution in [0.3, 0.4) is 0 Å². The maximum atomic E-state index is 11.9. The number of carbonyl (C=O) groups excluding carboxylic acids is 1. The number of carboxylic acid groups (broad SMARTS) is 1. The Morgan fingerprint density at radius 3 is 2.58 bits per heavy atom. The molecule has 5 heteroatoms. The third-order valence-electron chi connectivity index (χ3n) is 2.69. The third kappa shape index (κ3) is 3.58. The average molecular weight is 262 g/mol. The zero-order chi connectivity index (χ0) is 14.6. The van der Waals surface area contributed by atoms with Crippen LogP contribution in [-0.2, 0) is 0 Å². The molecule has 1 aromatic rings. The summed E-state index contributed by atoms with van der Waals surface area (Å²) in [6, 6.07) is 3.00. The molecule has 0 aromatic heterocycles. The van der Waals surface area contributed by atoms with Gasteiger partial charge in [-0.25, -0.2) is 9.59 Å². The highest BCUT2D eigenvalue weighted by Crippen LogP contribution is 2.23. The second-order valence-electron chi connectivity index (χ2n) is 4.41. The number of aromatic carboxylic acids is 1. The number of nitrogens with one attached hydrogen (secondary N) is 1. The van der Waals surface area contributed by atoms with Crippen molar-refractivity contribution < 1.29 is 14.7 Å². The average Bonchev–Trinajstić information content (AvgIpc) is 2.32. The standard InChI is InChI=1S/C14H18N2O3/c1-5-6-16(4)14(19)15-12-10(3)7-9(2)8-11(12)13(17)18/h5,7-8H,1,6H2,2-4H3,(H,15,19)(H,17,18). The molecule has 0 aliphatic rings. The van der Waals surface area contributed by atoms with E-state index in [0.717, 1.165) is 11.1 Å². The van der Waals surface area contributed by atoms with E-state index in [-0.39, 0.29) is 11.6 Å². The van der Waals surface area contributed by atoms with Gasteiger partial charge < -0.3 is 15.3 Å². The van der Waals surface area contributed by atoms with Gasteiger partial charge in [0, 0.05) is 13.6 Å². The smallest absolute Gasteiger partial charge is 0.337 e. The summed E-state index contributed by atoms with van der Waals surface area (Å²) in [6.07, 6.45) is 1.60. The number of rotatable bonds is 4. The number of hydrogen-bond donors (Lipinski definition) is 2. The summed E-state index contributed by atoms with van der Waals surface area (Å²) in [6.45, 7) is 7.52. The Morgan fingerprint density at radius 1 is 1.42 bits per heavy atom. The highest BCUT2D eigenvalue weighted by molar-refractivity contribution is 6.01. The van der Waals surface area contributed by atoms with Crippen molar-refractivity contribution >= 4 is 17.7 Å². The SMILES string of the molecule is C=CCN(C)C(=O)Nc1c(C)cc(C)cc1C(=O)O. The lowest BCUT2D eigenvalue weighted by atomic mass is 10.0. The normalized spacial score (nSPS) is 9.84. The predicted molar refractivity (Wildman–Crippen MR) is 74.7 cm³/mol. The summed E-state index contributed by atoms with van der Waals surface area (Å²) in [5, 5.41) is 11.8. The fraction of sp³-hybridized carbons (Fsp3) is 0.286. The van der Waals surface area contributed by atoms with E-state index in [0.29, 0.717) is 12.2 Å². The molecule has 1 aromatic carbocycles. The first-order valence-electron chi connectivity index (χ1n) is 5.84. The summed E-state index contributed by atoms with van der Waals surface area (Å²) in [4.78, 5) is 24.5. The molecular formula is C14H18N2O3. The van der Waals surface area contributed by atoms with Gasteiger partial charge >= 0.3 is 12.0 Å². The van der Waals surface area contributed by atoms with Crippen molar-refractivity contribution in [2.45, 2.75) is 13.8 Å². The van der Waals surface area contributed by atoms with Crippen molar-refractivity contribution in [3.05, 3.63) is 41.5 Å². The molecule has 0 spiro atoms. The van der Waals surface area contributed by atoms with Crippen LogP contribution < -0.4 is 5.32 Å². The van der Waals surface area contributed by atoms with Crippen LogP contribution in [0.15, 0.2) is 24.8 Å². The van der Waals surface area contributed by atoms with Crippen molar-refractivity contribution in [1.29, 1.82) is 0 Å². The van der Waals surface area contributed by atoms with Gasteiger partial charge in [-0.1, -0.05) is 12.1 Å². The molecule has 0 aliphatic carbocycles. The predicted octanol–water partition coefficient (Wildman–Crippen LogP) is 2.65. The van der Waals surface area contributed by atoms with Crippen LogP contribution in [0, 0.1) is 13.8 Å². The molecule has 1 rings (SSSR count). The van der Waals surface area contributed by atoms with E-state index in [9.17, 15) is 14.7 Å². The van der Waals surface area contributed by atoms with Crippen molar-refractivity contribution in [3.63, 3.8) is 0 Å². The van der Waals surface area contributed by atoms with E-state index in [1.165, 1.54) is 4.90 Å². The minimum atomic E-state index is -1.06. The Kier molecular flexibility index (Phi) is 4.69. The monoisotopic (exact) mass is 262 g/mol. The molecule has 102 valence electrons. The number of urea groups is 1. The fourth-order valence-corrected chi connectivity index (χ4v) is 1.78. The molecule has 19 heavy (non-hydrogen) atoms. The maximum absolute atomic E-state index is 11.9. The number of carbonyl (C=O) groups is 2. The minimum Gasteiger partial charge on any atom is -0.478 e. The van der Waals surface area contributed by atoms with E-state index in [2.05, 4.69) is 11.9 Å². The summed E-state index contributed by atoms with van der Waals surface area (Å²) < 4.78 is 0. The lowest BCUT2D eigenvalue weighted by Gasteiger charge is -2.18. The molecule has 2 N–H and O–H groups in total. The number of aryl methyl sites for hydroxylation is 2. The second kappa shape index (κ2) is 6.04. The Hall–Kier alpha value is -2.30. The largest absolute Gasteiger partial charge is 0.478 e. The van der Waals surface area contributed by atoms with Gasteiger partial charge in [0.2, 0.25) is 0 Å². The molecule has 0 fully saturated rings. The van der Waals surface area contributed by atoms with Crippen LogP contribution in [0.2, 0.25) is 0 Å².